The van der Waals surface area contributed by atoms with Crippen LogP contribution in [-0.4, -0.2) is 33.0 Å². The molecule has 1 atom stereocenters. The first-order valence-electron chi connectivity index (χ1n) is 8.04. The zero-order valence-corrected chi connectivity index (χ0v) is 19.8. The van der Waals surface area contributed by atoms with Crippen molar-refractivity contribution in [2.24, 2.45) is 0 Å². The van der Waals surface area contributed by atoms with Gasteiger partial charge in [0.2, 0.25) is 3.79 Å². The number of thiocarbonyl (C=S) groups is 1. The Balaban J connectivity index is 2.17. The van der Waals surface area contributed by atoms with Crippen LogP contribution in [0.2, 0.25) is 0 Å². The number of ether oxygens (including phenoxy) is 1. The maximum absolute atomic E-state index is 12.5. The molecule has 0 saturated heterocycles. The van der Waals surface area contributed by atoms with Gasteiger partial charge in [-0.15, -0.1) is 0 Å². The molecule has 13 heteroatoms. The van der Waals surface area contributed by atoms with E-state index in [0.29, 0.717) is 15.8 Å². The number of hydrogen-bond donors (Lipinski definition) is 3. The maximum Gasteiger partial charge on any atom is 0.271 e. The average Bonchev–Trinajstić information content (AvgIpc) is 2.66. The van der Waals surface area contributed by atoms with E-state index in [2.05, 4.69) is 31.9 Å². The number of alkyl halides is 3. The highest BCUT2D eigenvalue weighted by molar-refractivity contribution is 9.10. The molecule has 0 radical (unpaired) electrons. The van der Waals surface area contributed by atoms with Crippen LogP contribution in [0.5, 0.6) is 5.75 Å². The fourth-order valence-electron chi connectivity index (χ4n) is 2.24. The molecule has 2 aromatic rings. The Morgan fingerprint density at radius 2 is 1.93 bits per heavy atom. The first-order chi connectivity index (χ1) is 14.0. The van der Waals surface area contributed by atoms with Crippen LogP contribution in [0.25, 0.3) is 0 Å². The summed E-state index contributed by atoms with van der Waals surface area (Å²) in [7, 11) is 1.39. The van der Waals surface area contributed by atoms with E-state index < -0.39 is 20.8 Å². The van der Waals surface area contributed by atoms with E-state index in [-0.39, 0.29) is 16.5 Å². The second kappa shape index (κ2) is 10.5. The van der Waals surface area contributed by atoms with Crippen LogP contribution >= 0.6 is 63.0 Å². The van der Waals surface area contributed by atoms with Gasteiger partial charge in [0, 0.05) is 22.2 Å². The van der Waals surface area contributed by atoms with Gasteiger partial charge in [-0.3, -0.25) is 14.9 Å². The van der Waals surface area contributed by atoms with Crippen LogP contribution in [0, 0.1) is 10.1 Å². The highest BCUT2D eigenvalue weighted by atomic mass is 79.9. The fourth-order valence-corrected chi connectivity index (χ4v) is 3.19. The minimum Gasteiger partial charge on any atom is -0.495 e. The lowest BCUT2D eigenvalue weighted by molar-refractivity contribution is -0.384. The molecule has 0 saturated carbocycles. The van der Waals surface area contributed by atoms with Gasteiger partial charge in [-0.25, -0.2) is 0 Å². The van der Waals surface area contributed by atoms with Gasteiger partial charge >= 0.3 is 0 Å². The van der Waals surface area contributed by atoms with Crippen LogP contribution in [0.15, 0.2) is 46.9 Å². The molecule has 0 aliphatic carbocycles. The summed E-state index contributed by atoms with van der Waals surface area (Å²) in [5.41, 5.74) is 0.359. The number of non-ortho nitro benzene ring substituents is 1. The highest BCUT2D eigenvalue weighted by Crippen LogP contribution is 2.31. The van der Waals surface area contributed by atoms with Crippen molar-refractivity contribution in [1.29, 1.82) is 0 Å². The van der Waals surface area contributed by atoms with Gasteiger partial charge in [0.1, 0.15) is 11.9 Å². The predicted octanol–water partition coefficient (Wildman–Crippen LogP) is 4.78. The maximum atomic E-state index is 12.5. The lowest BCUT2D eigenvalue weighted by atomic mass is 10.2. The number of amides is 1. The van der Waals surface area contributed by atoms with Gasteiger partial charge in [0.05, 0.1) is 17.7 Å². The number of nitrogens with one attached hydrogen (secondary N) is 3. The molecule has 160 valence electrons. The third-order valence-corrected chi connectivity index (χ3v) is 4.97. The lowest BCUT2D eigenvalue weighted by Crippen LogP contribution is -2.56. The lowest BCUT2D eigenvalue weighted by Gasteiger charge is -2.28. The largest absolute Gasteiger partial charge is 0.495 e. The minimum absolute atomic E-state index is 0.0698. The molecule has 3 N–H and O–H groups in total. The number of rotatable bonds is 6. The quantitative estimate of drug-likeness (QED) is 0.155. The second-order valence-electron chi connectivity index (χ2n) is 5.70. The minimum atomic E-state index is -1.97. The van der Waals surface area contributed by atoms with Crippen LogP contribution in [0.1, 0.15) is 10.4 Å². The van der Waals surface area contributed by atoms with Crippen molar-refractivity contribution < 1.29 is 14.5 Å². The zero-order chi connectivity index (χ0) is 22.5. The van der Waals surface area contributed by atoms with Crippen molar-refractivity contribution in [2.75, 3.05) is 12.4 Å². The first kappa shape index (κ1) is 24.4. The highest BCUT2D eigenvalue weighted by Gasteiger charge is 2.35. The molecule has 0 bridgehead atoms. The zero-order valence-electron chi connectivity index (χ0n) is 15.1. The summed E-state index contributed by atoms with van der Waals surface area (Å²) in [5.74, 6) is -0.218. The number of anilines is 1. The summed E-state index contributed by atoms with van der Waals surface area (Å²) in [6, 6.07) is 10.5. The molecule has 0 aliphatic rings. The van der Waals surface area contributed by atoms with Crippen molar-refractivity contribution in [1.82, 2.24) is 10.6 Å². The number of hydrogen-bond acceptors (Lipinski definition) is 5. The van der Waals surface area contributed by atoms with E-state index in [1.165, 1.54) is 25.3 Å². The molecular formula is C17H14BrCl3N4O4S. The van der Waals surface area contributed by atoms with Crippen molar-refractivity contribution in [2.45, 2.75) is 9.96 Å². The SMILES string of the molecule is COc1ccc([N+](=O)[O-])cc1NC(=S)N[C@H](NC(=O)c1cccc(Br)c1)C(Cl)(Cl)Cl. The average molecular weight is 557 g/mol. The van der Waals surface area contributed by atoms with Crippen molar-refractivity contribution in [3.63, 3.8) is 0 Å². The number of nitrogens with zero attached hydrogens (tertiary/aromatic N) is 1. The molecule has 0 heterocycles. The second-order valence-corrected chi connectivity index (χ2v) is 9.39. The Morgan fingerprint density at radius 1 is 1.23 bits per heavy atom. The standard InChI is InChI=1S/C17H14BrCl3N4O4S/c1-29-13-6-5-11(25(27)28)8-12(13)22-16(30)24-15(17(19,20)21)23-14(26)9-3-2-4-10(18)7-9/h2-8,15H,1H3,(H,23,26)(H2,22,24,30)/t15-/m0/s1. The number of halogens is 4. The third-order valence-electron chi connectivity index (χ3n) is 3.61. The summed E-state index contributed by atoms with van der Waals surface area (Å²) in [5, 5.41) is 18.9. The van der Waals surface area contributed by atoms with Crippen LogP contribution in [-0.2, 0) is 0 Å². The smallest absolute Gasteiger partial charge is 0.271 e. The van der Waals surface area contributed by atoms with Gasteiger partial charge in [-0.05, 0) is 36.5 Å². The summed E-state index contributed by atoms with van der Waals surface area (Å²) >= 11 is 26.4. The Bertz CT molecular complexity index is 974. The van der Waals surface area contributed by atoms with Crippen molar-refractivity contribution >= 4 is 85.3 Å². The molecule has 0 unspecified atom stereocenters. The van der Waals surface area contributed by atoms with Crippen LogP contribution in [0.4, 0.5) is 11.4 Å². The monoisotopic (exact) mass is 554 g/mol. The number of benzene rings is 2. The summed E-state index contributed by atoms with van der Waals surface area (Å²) in [6.07, 6.45) is -1.22. The number of nitro groups is 1. The van der Waals surface area contributed by atoms with Crippen LogP contribution in [0.3, 0.4) is 0 Å². The number of carbonyl (C=O) groups is 1. The van der Waals surface area contributed by atoms with Gasteiger partial charge in [-0.2, -0.15) is 0 Å². The van der Waals surface area contributed by atoms with E-state index in [4.69, 9.17) is 51.8 Å². The fraction of sp³-hybridized carbons (Fsp3) is 0.176. The number of nitro benzene ring substituents is 1. The topological polar surface area (TPSA) is 106 Å². The Kier molecular flexibility index (Phi) is 8.51. The summed E-state index contributed by atoms with van der Waals surface area (Å²) in [4.78, 5) is 23.0. The molecule has 8 nitrogen and oxygen atoms in total. The third kappa shape index (κ3) is 6.85. The number of methoxy groups -OCH3 is 1. The van der Waals surface area contributed by atoms with E-state index in [0.717, 1.165) is 0 Å². The summed E-state index contributed by atoms with van der Waals surface area (Å²) in [6.45, 7) is 0. The summed E-state index contributed by atoms with van der Waals surface area (Å²) < 4.78 is 3.89. The Hall–Kier alpha value is -1.85. The van der Waals surface area contributed by atoms with Gasteiger partial charge in [-0.1, -0.05) is 56.8 Å². The predicted molar refractivity (Wildman–Crippen MR) is 125 cm³/mol. The number of carbonyl (C=O) groups excluding carboxylic acids is 1. The van der Waals surface area contributed by atoms with Crippen LogP contribution < -0.4 is 20.7 Å². The first-order valence-corrected chi connectivity index (χ1v) is 10.4. The molecule has 0 aromatic heterocycles. The Morgan fingerprint density at radius 3 is 2.50 bits per heavy atom. The van der Waals surface area contributed by atoms with Gasteiger partial charge in [0.15, 0.2) is 5.11 Å². The van der Waals surface area contributed by atoms with E-state index in [1.807, 2.05) is 0 Å². The van der Waals surface area contributed by atoms with Gasteiger partial charge in [0.25, 0.3) is 11.6 Å². The molecule has 0 spiro atoms. The molecule has 2 aromatic carbocycles. The van der Waals surface area contributed by atoms with E-state index in [9.17, 15) is 14.9 Å². The molecule has 2 rings (SSSR count). The Labute approximate surface area is 200 Å². The van der Waals surface area contributed by atoms with E-state index >= 15 is 0 Å². The van der Waals surface area contributed by atoms with Crippen molar-refractivity contribution in [3.05, 3.63) is 62.6 Å². The molecule has 0 fully saturated rings. The molecular weight excluding hydrogens is 543 g/mol. The van der Waals surface area contributed by atoms with Crippen molar-refractivity contribution in [3.8, 4) is 5.75 Å². The van der Waals surface area contributed by atoms with E-state index in [1.54, 1.807) is 24.3 Å². The molecule has 30 heavy (non-hydrogen) atoms. The van der Waals surface area contributed by atoms with Gasteiger partial charge < -0.3 is 20.7 Å². The molecule has 0 aliphatic heterocycles. The molecule has 1 amide bonds. The normalized spacial score (nSPS) is 11.9.